The number of rotatable bonds is 14. The van der Waals surface area contributed by atoms with E-state index in [-0.39, 0.29) is 24.2 Å². The minimum absolute atomic E-state index is 0.000764. The molecule has 0 bridgehead atoms. The van der Waals surface area contributed by atoms with Crippen LogP contribution in [0, 0.1) is 0 Å². The number of aryl methyl sites for hydroxylation is 1. The number of nitrogens with zero attached hydrogens (tertiary/aromatic N) is 3. The van der Waals surface area contributed by atoms with Crippen LogP contribution in [0.1, 0.15) is 49.7 Å². The van der Waals surface area contributed by atoms with Crippen LogP contribution in [-0.2, 0) is 38.8 Å². The first-order valence-corrected chi connectivity index (χ1v) is 17.6. The van der Waals surface area contributed by atoms with Crippen molar-refractivity contribution in [2.45, 2.75) is 57.4 Å². The lowest BCUT2D eigenvalue weighted by molar-refractivity contribution is -0.432. The molecule has 1 aliphatic carbocycles. The number of benzene rings is 2. The highest BCUT2D eigenvalue weighted by Gasteiger charge is 2.25. The number of nitrogens with one attached hydrogen (secondary N) is 2. The van der Waals surface area contributed by atoms with Crippen LogP contribution in [0.2, 0.25) is 0 Å². The molecule has 3 N–H and O–H groups in total. The fourth-order valence-electron chi connectivity index (χ4n) is 5.89. The van der Waals surface area contributed by atoms with Gasteiger partial charge in [0.25, 0.3) is 5.91 Å². The monoisotopic (exact) mass is 684 g/mol. The van der Waals surface area contributed by atoms with Crippen LogP contribution >= 0.6 is 7.82 Å². The third kappa shape index (κ3) is 12.0. The average Bonchev–Trinajstić information content (AvgIpc) is 3.49. The Morgan fingerprint density at radius 3 is 2.50 bits per heavy atom. The molecule has 2 heterocycles. The number of carbonyl (C=O) groups is 2. The largest absolute Gasteiger partial charge is 0.822 e. The molecule has 14 nitrogen and oxygen atoms in total. The number of amides is 2. The Kier molecular flexibility index (Phi) is 14.0. The lowest BCUT2D eigenvalue weighted by Crippen LogP contribution is -2.45. The van der Waals surface area contributed by atoms with Crippen LogP contribution in [0.25, 0.3) is 11.1 Å². The summed E-state index contributed by atoms with van der Waals surface area (Å²) >= 11 is 0. The normalized spacial score (nSPS) is 14.7. The fraction of sp³-hybridized carbons (Fsp3) is 0.485. The zero-order valence-corrected chi connectivity index (χ0v) is 28.0. The first-order valence-electron chi connectivity index (χ1n) is 16.1. The third-order valence-electron chi connectivity index (χ3n) is 8.25. The van der Waals surface area contributed by atoms with E-state index in [1.54, 1.807) is 10.7 Å². The first kappa shape index (κ1) is 37.0. The summed E-state index contributed by atoms with van der Waals surface area (Å²) in [6.07, 6.45) is 11.4. The molecule has 2 aromatic carbocycles. The standard InChI is InChI=1S/C33H43N5O5.H3O4P/c1-37-22-27(21-35-37)25-9-7-24(8-10-25)14-19-42-20-15-31(41)38(28-5-3-2-4-6-28)18-17-34-16-13-26-11-12-29(39)32-33(26)43-23-30(40)36-32;1-5(2,3)4/h7-12,21-22,28,34,39H,2-6,13-20,23H2,1H3,(H,36,40);(H3,1,2,3,4)/p-3. The molecular weight excluding hydrogens is 641 g/mol. The molecule has 1 saturated carbocycles. The second kappa shape index (κ2) is 18.1. The SMILES string of the molecule is Cn1cc(-c2ccc(CCOCCC(=O)N(CCNCCc3ccc(O)c4c3OCC(=O)N4)C3CCCCC3)cc2)cn1.O=P([O-])([O-])[O-]. The molecule has 0 spiro atoms. The van der Waals surface area contributed by atoms with Crippen molar-refractivity contribution in [3.05, 3.63) is 59.9 Å². The molecule has 0 unspecified atom stereocenters. The van der Waals surface area contributed by atoms with Crippen LogP contribution in [-0.4, -0.2) is 77.1 Å². The summed E-state index contributed by atoms with van der Waals surface area (Å²) in [5.41, 5.74) is 4.70. The van der Waals surface area contributed by atoms with Crippen molar-refractivity contribution in [1.82, 2.24) is 20.0 Å². The molecule has 1 aliphatic heterocycles. The fourth-order valence-corrected chi connectivity index (χ4v) is 5.89. The molecule has 0 radical (unpaired) electrons. The smallest absolute Gasteiger partial charge is 0.262 e. The van der Waals surface area contributed by atoms with Crippen molar-refractivity contribution in [2.24, 2.45) is 7.05 Å². The van der Waals surface area contributed by atoms with Crippen molar-refractivity contribution in [2.75, 3.05) is 44.8 Å². The molecule has 1 fully saturated rings. The number of phosphoric acid groups is 1. The lowest BCUT2D eigenvalue weighted by Gasteiger charge is -2.36. The molecule has 48 heavy (non-hydrogen) atoms. The summed E-state index contributed by atoms with van der Waals surface area (Å²) < 4.78 is 21.8. The highest BCUT2D eigenvalue weighted by atomic mass is 31.2. The molecule has 262 valence electrons. The van der Waals surface area contributed by atoms with Crippen molar-refractivity contribution < 1.29 is 43.4 Å². The van der Waals surface area contributed by atoms with Crippen LogP contribution in [0.4, 0.5) is 5.69 Å². The predicted octanol–water partition coefficient (Wildman–Crippen LogP) is 1.24. The van der Waals surface area contributed by atoms with Gasteiger partial charge in [0.05, 0.1) is 25.8 Å². The Hall–Kier alpha value is -3.78. The van der Waals surface area contributed by atoms with E-state index < -0.39 is 7.82 Å². The number of carbonyl (C=O) groups excluding carboxylic acids is 2. The number of hydrogen-bond acceptors (Lipinski definition) is 11. The molecule has 0 atom stereocenters. The molecule has 2 aliphatic rings. The zero-order chi connectivity index (χ0) is 34.5. The summed E-state index contributed by atoms with van der Waals surface area (Å²) in [7, 11) is -3.47. The number of ether oxygens (including phenoxy) is 2. The van der Waals surface area contributed by atoms with Gasteiger partial charge in [0.1, 0.15) is 11.4 Å². The zero-order valence-electron chi connectivity index (χ0n) is 27.1. The van der Waals surface area contributed by atoms with Gasteiger partial charge in [-0.3, -0.25) is 14.3 Å². The minimum Gasteiger partial charge on any atom is -0.822 e. The van der Waals surface area contributed by atoms with Crippen molar-refractivity contribution in [1.29, 1.82) is 0 Å². The van der Waals surface area contributed by atoms with Gasteiger partial charge in [0.15, 0.2) is 12.4 Å². The number of phenols is 1. The number of anilines is 1. The predicted molar refractivity (Wildman–Crippen MR) is 173 cm³/mol. The van der Waals surface area contributed by atoms with E-state index in [1.807, 2.05) is 25.5 Å². The van der Waals surface area contributed by atoms with Crippen LogP contribution in [0.5, 0.6) is 11.5 Å². The minimum atomic E-state index is -5.39. The maximum atomic E-state index is 13.3. The first-order chi connectivity index (χ1) is 23.0. The number of aromatic nitrogens is 2. The molecule has 1 aromatic heterocycles. The van der Waals surface area contributed by atoms with Gasteiger partial charge in [0.2, 0.25) is 5.91 Å². The number of hydrogen-bond donors (Lipinski definition) is 3. The van der Waals surface area contributed by atoms with Gasteiger partial charge < -0.3 is 49.4 Å². The van der Waals surface area contributed by atoms with Gasteiger partial charge >= 0.3 is 0 Å². The van der Waals surface area contributed by atoms with Crippen molar-refractivity contribution in [3.63, 3.8) is 0 Å². The van der Waals surface area contributed by atoms with E-state index in [1.165, 1.54) is 24.8 Å². The van der Waals surface area contributed by atoms with Gasteiger partial charge in [-0.05, 0) is 55.0 Å². The Labute approximate surface area is 280 Å². The van der Waals surface area contributed by atoms with Crippen LogP contribution in [0.3, 0.4) is 0 Å². The lowest BCUT2D eigenvalue weighted by atomic mass is 9.94. The number of phenolic OH excluding ortho intramolecular Hbond substituents is 1. The highest BCUT2D eigenvalue weighted by Crippen LogP contribution is 2.39. The van der Waals surface area contributed by atoms with E-state index in [4.69, 9.17) is 28.7 Å². The topological polar surface area (TPSA) is 204 Å². The third-order valence-corrected chi connectivity index (χ3v) is 8.25. The van der Waals surface area contributed by atoms with E-state index in [0.717, 1.165) is 36.0 Å². The summed E-state index contributed by atoms with van der Waals surface area (Å²) in [5, 5.41) is 20.5. The highest BCUT2D eigenvalue weighted by molar-refractivity contribution is 7.40. The Morgan fingerprint density at radius 2 is 1.81 bits per heavy atom. The molecule has 15 heteroatoms. The summed E-state index contributed by atoms with van der Waals surface area (Å²) in [4.78, 5) is 52.6. The molecule has 0 saturated heterocycles. The summed E-state index contributed by atoms with van der Waals surface area (Å²) in [5.74, 6) is 0.414. The van der Waals surface area contributed by atoms with E-state index >= 15 is 0 Å². The average molecular weight is 685 g/mol. The van der Waals surface area contributed by atoms with Gasteiger partial charge in [-0.15, -0.1) is 0 Å². The van der Waals surface area contributed by atoms with E-state index in [9.17, 15) is 14.7 Å². The molecular formula is C33H43N5O9P-3. The Morgan fingerprint density at radius 1 is 1.08 bits per heavy atom. The Bertz CT molecular complexity index is 1530. The van der Waals surface area contributed by atoms with Gasteiger partial charge in [-0.25, -0.2) is 0 Å². The quantitative estimate of drug-likeness (QED) is 0.125. The number of fused-ring (bicyclic) bond motifs is 1. The second-order valence-corrected chi connectivity index (χ2v) is 12.7. The van der Waals surface area contributed by atoms with Crippen molar-refractivity contribution >= 4 is 25.3 Å². The second-order valence-electron chi connectivity index (χ2n) is 11.8. The molecule has 2 amide bonds. The van der Waals surface area contributed by atoms with Gasteiger partial charge in [-0.1, -0.05) is 49.6 Å². The van der Waals surface area contributed by atoms with E-state index in [0.29, 0.717) is 63.2 Å². The van der Waals surface area contributed by atoms with Crippen LogP contribution in [0.15, 0.2) is 48.8 Å². The molecule has 5 rings (SSSR count). The van der Waals surface area contributed by atoms with Crippen molar-refractivity contribution in [3.8, 4) is 22.6 Å². The maximum Gasteiger partial charge on any atom is 0.262 e. The van der Waals surface area contributed by atoms with Gasteiger partial charge in [0, 0.05) is 37.9 Å². The summed E-state index contributed by atoms with van der Waals surface area (Å²) in [6, 6.07) is 12.2. The van der Waals surface area contributed by atoms with Crippen LogP contribution < -0.4 is 30.1 Å². The maximum absolute atomic E-state index is 13.3. The molecule has 3 aromatic rings. The van der Waals surface area contributed by atoms with E-state index in [2.05, 4.69) is 44.9 Å². The Balaban J connectivity index is 0.000000968. The summed E-state index contributed by atoms with van der Waals surface area (Å²) in [6.45, 7) is 2.99. The van der Waals surface area contributed by atoms with Gasteiger partial charge in [-0.2, -0.15) is 12.9 Å². The number of aromatic hydroxyl groups is 1.